The number of rotatable bonds is 0. The zero-order chi connectivity index (χ0) is 6.24. The van der Waals surface area contributed by atoms with Crippen molar-refractivity contribution in [1.82, 2.24) is 6.15 Å². The second kappa shape index (κ2) is 10.6. The van der Waals surface area contributed by atoms with Crippen molar-refractivity contribution in [3.63, 3.8) is 0 Å². The lowest BCUT2D eigenvalue weighted by Crippen LogP contribution is -1.27. The van der Waals surface area contributed by atoms with Gasteiger partial charge in [0, 0.05) is 0 Å². The SMILES string of the molecule is CCC.N.c1ccsc1. The largest absolute Gasteiger partial charge is 0.344 e. The Bertz CT molecular complexity index is 75.8. The average molecular weight is 145 g/mol. The Labute approximate surface area is 61.3 Å². The third kappa shape index (κ3) is 11.3. The van der Waals surface area contributed by atoms with Crippen LogP contribution in [0.2, 0.25) is 0 Å². The molecule has 3 N–H and O–H groups in total. The van der Waals surface area contributed by atoms with Gasteiger partial charge in [-0.2, -0.15) is 11.3 Å². The summed E-state index contributed by atoms with van der Waals surface area (Å²) in [6.07, 6.45) is 1.25. The zero-order valence-corrected chi connectivity index (χ0v) is 6.95. The maximum atomic E-state index is 2.12. The van der Waals surface area contributed by atoms with Crippen LogP contribution in [-0.4, -0.2) is 0 Å². The Morgan fingerprint density at radius 3 is 1.56 bits per heavy atom. The van der Waals surface area contributed by atoms with E-state index in [1.807, 2.05) is 22.9 Å². The predicted molar refractivity (Wildman–Crippen MR) is 45.3 cm³/mol. The lowest BCUT2D eigenvalue weighted by Gasteiger charge is -1.48. The van der Waals surface area contributed by atoms with Gasteiger partial charge in [-0.15, -0.1) is 0 Å². The summed E-state index contributed by atoms with van der Waals surface area (Å²) in [5.74, 6) is 0. The molecule has 1 rings (SSSR count). The highest BCUT2D eigenvalue weighted by Crippen LogP contribution is 1.91. The molecule has 1 aromatic heterocycles. The molecule has 0 saturated carbocycles. The minimum Gasteiger partial charge on any atom is -0.344 e. The van der Waals surface area contributed by atoms with Crippen LogP contribution in [0.25, 0.3) is 0 Å². The lowest BCUT2D eigenvalue weighted by atomic mass is 10.6. The normalized spacial score (nSPS) is 6.44. The van der Waals surface area contributed by atoms with Gasteiger partial charge in [0.2, 0.25) is 0 Å². The fraction of sp³-hybridized carbons (Fsp3) is 0.429. The summed E-state index contributed by atoms with van der Waals surface area (Å²) in [7, 11) is 0. The Balaban J connectivity index is 0. The van der Waals surface area contributed by atoms with Crippen molar-refractivity contribution in [1.29, 1.82) is 0 Å². The number of thiophene rings is 1. The summed E-state index contributed by atoms with van der Waals surface area (Å²) in [6.45, 7) is 4.25. The molecule has 0 spiro atoms. The van der Waals surface area contributed by atoms with E-state index >= 15 is 0 Å². The third-order valence-corrected chi connectivity index (χ3v) is 1.05. The van der Waals surface area contributed by atoms with E-state index in [0.29, 0.717) is 0 Å². The Hall–Kier alpha value is -0.340. The van der Waals surface area contributed by atoms with Crippen LogP contribution in [0.15, 0.2) is 22.9 Å². The molecule has 0 unspecified atom stereocenters. The van der Waals surface area contributed by atoms with Gasteiger partial charge in [-0.1, -0.05) is 32.4 Å². The molecule has 9 heavy (non-hydrogen) atoms. The molecule has 1 heterocycles. The molecule has 0 aliphatic carbocycles. The minimum atomic E-state index is 0. The summed E-state index contributed by atoms with van der Waals surface area (Å²) in [5, 5.41) is 4.08. The van der Waals surface area contributed by atoms with Crippen molar-refractivity contribution in [2.24, 2.45) is 0 Å². The first-order valence-electron chi connectivity index (χ1n) is 2.89. The summed E-state index contributed by atoms with van der Waals surface area (Å²) in [4.78, 5) is 0. The molecule has 0 bridgehead atoms. The molecule has 0 amide bonds. The standard InChI is InChI=1S/C4H4S.C3H8.H3N/c1-2-4-5-3-1;1-3-2;/h1-4H;3H2,1-2H3;1H3. The minimum absolute atomic E-state index is 0. The fourth-order valence-electron chi connectivity index (χ4n) is 0.227. The first kappa shape index (κ1) is 11.5. The van der Waals surface area contributed by atoms with Crippen molar-refractivity contribution in [3.8, 4) is 0 Å². The first-order chi connectivity index (χ1) is 3.91. The summed E-state index contributed by atoms with van der Waals surface area (Å²) in [5.41, 5.74) is 0. The highest BCUT2D eigenvalue weighted by Gasteiger charge is 1.58. The number of hydrogen-bond acceptors (Lipinski definition) is 2. The monoisotopic (exact) mass is 145 g/mol. The quantitative estimate of drug-likeness (QED) is 0.597. The molecular formula is C7H15NS. The first-order valence-corrected chi connectivity index (χ1v) is 3.83. The van der Waals surface area contributed by atoms with Gasteiger partial charge in [-0.3, -0.25) is 0 Å². The molecule has 0 atom stereocenters. The summed E-state index contributed by atoms with van der Waals surface area (Å²) >= 11 is 1.71. The van der Waals surface area contributed by atoms with E-state index in [1.165, 1.54) is 6.42 Å². The highest BCUT2D eigenvalue weighted by molar-refractivity contribution is 7.07. The topological polar surface area (TPSA) is 35.0 Å². The van der Waals surface area contributed by atoms with Crippen LogP contribution in [-0.2, 0) is 0 Å². The predicted octanol–water partition coefficient (Wildman–Crippen LogP) is 3.33. The van der Waals surface area contributed by atoms with Crippen molar-refractivity contribution in [3.05, 3.63) is 22.9 Å². The van der Waals surface area contributed by atoms with Gasteiger partial charge in [0.05, 0.1) is 0 Å². The van der Waals surface area contributed by atoms with Gasteiger partial charge in [-0.05, 0) is 10.8 Å². The molecule has 0 aliphatic rings. The maximum absolute atomic E-state index is 2.12. The van der Waals surface area contributed by atoms with Gasteiger partial charge >= 0.3 is 0 Å². The van der Waals surface area contributed by atoms with E-state index in [9.17, 15) is 0 Å². The van der Waals surface area contributed by atoms with E-state index in [1.54, 1.807) is 11.3 Å². The lowest BCUT2D eigenvalue weighted by molar-refractivity contribution is 1.09. The second-order valence-corrected chi connectivity index (χ2v) is 2.32. The highest BCUT2D eigenvalue weighted by atomic mass is 32.1. The molecule has 0 radical (unpaired) electrons. The molecule has 0 aliphatic heterocycles. The maximum Gasteiger partial charge on any atom is -0.00934 e. The van der Waals surface area contributed by atoms with Crippen LogP contribution in [0.5, 0.6) is 0 Å². The van der Waals surface area contributed by atoms with E-state index in [-0.39, 0.29) is 6.15 Å². The van der Waals surface area contributed by atoms with E-state index in [0.717, 1.165) is 0 Å². The molecule has 54 valence electrons. The molecule has 0 saturated heterocycles. The smallest absolute Gasteiger partial charge is 0.00934 e. The van der Waals surface area contributed by atoms with E-state index in [2.05, 4.69) is 13.8 Å². The molecule has 2 heteroatoms. The summed E-state index contributed by atoms with van der Waals surface area (Å²) in [6, 6.07) is 4.04. The van der Waals surface area contributed by atoms with Gasteiger partial charge in [0.15, 0.2) is 0 Å². The van der Waals surface area contributed by atoms with E-state index < -0.39 is 0 Å². The molecule has 1 aromatic rings. The Morgan fingerprint density at radius 2 is 1.44 bits per heavy atom. The molecule has 0 aromatic carbocycles. The van der Waals surface area contributed by atoms with Crippen LogP contribution in [0.3, 0.4) is 0 Å². The van der Waals surface area contributed by atoms with Crippen LogP contribution >= 0.6 is 11.3 Å². The van der Waals surface area contributed by atoms with E-state index in [4.69, 9.17) is 0 Å². The van der Waals surface area contributed by atoms with Gasteiger partial charge < -0.3 is 6.15 Å². The second-order valence-electron chi connectivity index (χ2n) is 1.50. The molecule has 1 nitrogen and oxygen atoms in total. The van der Waals surface area contributed by atoms with Crippen molar-refractivity contribution in [2.75, 3.05) is 0 Å². The average Bonchev–Trinajstić information content (AvgIpc) is 2.17. The van der Waals surface area contributed by atoms with Crippen molar-refractivity contribution < 1.29 is 0 Å². The van der Waals surface area contributed by atoms with Crippen LogP contribution in [0.1, 0.15) is 20.3 Å². The number of hydrogen-bond donors (Lipinski definition) is 1. The fourth-order valence-corrected chi connectivity index (χ4v) is 0.680. The third-order valence-electron chi connectivity index (χ3n) is 0.425. The van der Waals surface area contributed by atoms with Gasteiger partial charge in [0.1, 0.15) is 0 Å². The zero-order valence-electron chi connectivity index (χ0n) is 6.13. The summed E-state index contributed by atoms with van der Waals surface area (Å²) < 4.78 is 0. The molecular weight excluding hydrogens is 130 g/mol. The Morgan fingerprint density at radius 1 is 1.11 bits per heavy atom. The van der Waals surface area contributed by atoms with Crippen LogP contribution in [0, 0.1) is 0 Å². The van der Waals surface area contributed by atoms with Gasteiger partial charge in [0.25, 0.3) is 0 Å². The molecule has 0 fully saturated rings. The van der Waals surface area contributed by atoms with Crippen LogP contribution < -0.4 is 6.15 Å². The van der Waals surface area contributed by atoms with Crippen LogP contribution in [0.4, 0.5) is 0 Å². The van der Waals surface area contributed by atoms with Crippen molar-refractivity contribution >= 4 is 11.3 Å². The Kier molecular flexibility index (Phi) is 13.5. The van der Waals surface area contributed by atoms with Crippen molar-refractivity contribution in [2.45, 2.75) is 20.3 Å². The van der Waals surface area contributed by atoms with Gasteiger partial charge in [-0.25, -0.2) is 0 Å².